The molecule has 0 saturated carbocycles. The first-order valence-electron chi connectivity index (χ1n) is 14.3. The van der Waals surface area contributed by atoms with Gasteiger partial charge in [-0.1, -0.05) is 75.2 Å². The Morgan fingerprint density at radius 2 is 1.26 bits per heavy atom. The zero-order valence-electron chi connectivity index (χ0n) is 25.8. The van der Waals surface area contributed by atoms with Gasteiger partial charge in [0.1, 0.15) is 5.75 Å². The summed E-state index contributed by atoms with van der Waals surface area (Å²) in [7, 11) is 0. The van der Waals surface area contributed by atoms with Gasteiger partial charge in [-0.15, -0.1) is 36.5 Å². The fourth-order valence-corrected chi connectivity index (χ4v) is 4.86. The molecule has 0 fully saturated rings. The molecule has 0 aliphatic rings. The molecule has 0 saturated heterocycles. The van der Waals surface area contributed by atoms with E-state index in [2.05, 4.69) is 81.0 Å². The largest absolute Gasteiger partial charge is 4.00 e. The van der Waals surface area contributed by atoms with Crippen LogP contribution >= 0.6 is 15.9 Å². The minimum atomic E-state index is 0. The SMILES string of the molecule is Cc1cc(Br)c(O)c(CCNCC[N-]c2c(C(C)C)cccc2C(C)C)c1.[CH2-]c1ccccc1.[CH2-]c1ccccc1.[Zr+4]. The van der Waals surface area contributed by atoms with Crippen LogP contribution in [0.3, 0.4) is 0 Å². The van der Waals surface area contributed by atoms with Crippen molar-refractivity contribution < 1.29 is 31.3 Å². The van der Waals surface area contributed by atoms with Crippen LogP contribution in [0.25, 0.3) is 5.32 Å². The van der Waals surface area contributed by atoms with E-state index in [9.17, 15) is 5.11 Å². The summed E-state index contributed by atoms with van der Waals surface area (Å²) in [6.45, 7) is 20.8. The number of nitrogens with one attached hydrogen (secondary N) is 1. The Hall–Kier alpha value is -2.46. The molecule has 0 spiro atoms. The molecule has 42 heavy (non-hydrogen) atoms. The molecule has 4 aromatic rings. The Labute approximate surface area is 282 Å². The van der Waals surface area contributed by atoms with Crippen molar-refractivity contribution in [2.24, 2.45) is 0 Å². The van der Waals surface area contributed by atoms with Gasteiger partial charge in [0, 0.05) is 0 Å². The van der Waals surface area contributed by atoms with Gasteiger partial charge in [0.15, 0.2) is 0 Å². The number of phenolic OH excluding ortho intramolecular Hbond substituents is 1. The maximum atomic E-state index is 10.1. The molecule has 0 radical (unpaired) electrons. The van der Waals surface area contributed by atoms with Crippen molar-refractivity contribution in [3.63, 3.8) is 0 Å². The van der Waals surface area contributed by atoms with Crippen LogP contribution in [-0.4, -0.2) is 24.7 Å². The third kappa shape index (κ3) is 13.7. The molecular weight excluding hydrogens is 660 g/mol. The molecule has 4 rings (SSSR count). The first kappa shape index (κ1) is 37.6. The number of phenols is 1. The van der Waals surface area contributed by atoms with Crippen LogP contribution in [0.5, 0.6) is 5.75 Å². The van der Waals surface area contributed by atoms with Gasteiger partial charge in [-0.2, -0.15) is 49.2 Å². The van der Waals surface area contributed by atoms with Crippen molar-refractivity contribution in [1.82, 2.24) is 5.32 Å². The second-order valence-corrected chi connectivity index (χ2v) is 11.6. The second kappa shape index (κ2) is 20.4. The van der Waals surface area contributed by atoms with Gasteiger partial charge in [0.25, 0.3) is 0 Å². The Morgan fingerprint density at radius 1 is 0.762 bits per heavy atom. The fraction of sp³-hybridized carbons (Fsp3) is 0.297. The van der Waals surface area contributed by atoms with Crippen molar-refractivity contribution in [1.29, 1.82) is 0 Å². The van der Waals surface area contributed by atoms with Gasteiger partial charge in [0.2, 0.25) is 0 Å². The van der Waals surface area contributed by atoms with Crippen LogP contribution in [0.1, 0.15) is 72.9 Å². The minimum Gasteiger partial charge on any atom is -0.683 e. The molecule has 0 heterocycles. The molecule has 4 aromatic carbocycles. The summed E-state index contributed by atoms with van der Waals surface area (Å²) in [6, 6.07) is 30.3. The quantitative estimate of drug-likeness (QED) is 0.135. The molecule has 0 aliphatic heterocycles. The summed E-state index contributed by atoms with van der Waals surface area (Å²) < 4.78 is 0.763. The number of nitrogens with zero attached hydrogens (tertiary/aromatic N) is 1. The van der Waals surface area contributed by atoms with Crippen molar-refractivity contribution in [3.05, 3.63) is 148 Å². The van der Waals surface area contributed by atoms with E-state index >= 15 is 0 Å². The van der Waals surface area contributed by atoms with E-state index in [1.54, 1.807) is 0 Å². The molecule has 0 bridgehead atoms. The Bertz CT molecular complexity index is 1230. The van der Waals surface area contributed by atoms with Gasteiger partial charge < -0.3 is 15.7 Å². The summed E-state index contributed by atoms with van der Waals surface area (Å²) in [6.07, 6.45) is 0.798. The van der Waals surface area contributed by atoms with Crippen LogP contribution in [0.4, 0.5) is 5.69 Å². The van der Waals surface area contributed by atoms with E-state index in [0.29, 0.717) is 17.6 Å². The summed E-state index contributed by atoms with van der Waals surface area (Å²) in [4.78, 5) is 0. The topological polar surface area (TPSA) is 46.4 Å². The molecule has 0 amide bonds. The predicted molar refractivity (Wildman–Crippen MR) is 181 cm³/mol. The summed E-state index contributed by atoms with van der Waals surface area (Å²) in [5, 5.41) is 18.5. The van der Waals surface area contributed by atoms with Crippen LogP contribution in [0.2, 0.25) is 0 Å². The van der Waals surface area contributed by atoms with Crippen molar-refractivity contribution >= 4 is 21.6 Å². The van der Waals surface area contributed by atoms with Gasteiger partial charge in [-0.3, -0.25) is 0 Å². The third-order valence-corrected chi connectivity index (χ3v) is 7.05. The number of aromatic hydroxyl groups is 1. The zero-order chi connectivity index (χ0) is 30.2. The Morgan fingerprint density at radius 3 is 1.69 bits per heavy atom. The van der Waals surface area contributed by atoms with E-state index in [1.807, 2.05) is 79.7 Å². The van der Waals surface area contributed by atoms with E-state index in [-0.39, 0.29) is 26.2 Å². The molecule has 0 aromatic heterocycles. The minimum absolute atomic E-state index is 0. The monoisotopic (exact) mass is 703 g/mol. The fourth-order valence-electron chi connectivity index (χ4n) is 4.24. The van der Waals surface area contributed by atoms with E-state index < -0.39 is 0 Å². The van der Waals surface area contributed by atoms with Crippen molar-refractivity contribution in [2.45, 2.75) is 52.9 Å². The average molecular weight is 706 g/mol. The van der Waals surface area contributed by atoms with Gasteiger partial charge in [-0.05, 0) is 71.4 Å². The van der Waals surface area contributed by atoms with Gasteiger partial charge in [-0.25, -0.2) is 0 Å². The predicted octanol–water partition coefficient (Wildman–Crippen LogP) is 10.3. The van der Waals surface area contributed by atoms with Crippen LogP contribution in [-0.2, 0) is 32.6 Å². The van der Waals surface area contributed by atoms with Crippen molar-refractivity contribution in [3.8, 4) is 5.75 Å². The Balaban J connectivity index is 0.000000476. The van der Waals surface area contributed by atoms with Gasteiger partial charge >= 0.3 is 26.2 Å². The molecule has 0 aliphatic carbocycles. The second-order valence-electron chi connectivity index (χ2n) is 10.7. The van der Waals surface area contributed by atoms with E-state index in [1.165, 1.54) is 16.8 Å². The number of hydrogen-bond donors (Lipinski definition) is 2. The number of hydrogen-bond acceptors (Lipinski definition) is 2. The summed E-state index contributed by atoms with van der Waals surface area (Å²) >= 11 is 3.41. The molecule has 0 unspecified atom stereocenters. The van der Waals surface area contributed by atoms with E-state index in [4.69, 9.17) is 5.32 Å². The van der Waals surface area contributed by atoms with Crippen LogP contribution < -0.4 is 5.32 Å². The molecule has 0 atom stereocenters. The Kier molecular flexibility index (Phi) is 18.3. The number of halogens is 1. The smallest absolute Gasteiger partial charge is 0.683 e. The van der Waals surface area contributed by atoms with Crippen LogP contribution in [0, 0.1) is 20.8 Å². The molecule has 2 N–H and O–H groups in total. The zero-order valence-corrected chi connectivity index (χ0v) is 29.9. The van der Waals surface area contributed by atoms with Gasteiger partial charge in [0.05, 0.1) is 4.47 Å². The number of rotatable bonds is 9. The molecule has 3 nitrogen and oxygen atoms in total. The van der Waals surface area contributed by atoms with Crippen molar-refractivity contribution in [2.75, 3.05) is 19.6 Å². The summed E-state index contributed by atoms with van der Waals surface area (Å²) in [5.41, 5.74) is 8.09. The number of aryl methyl sites for hydroxylation is 1. The standard InChI is InChI=1S/C23H32BrN2O.2C7H7.Zr/c1-15(2)19-7-6-8-20(16(3)4)22(19)26-12-11-25-10-9-18-13-17(5)14-21(24)23(18)27;2*1-7-5-3-2-4-6-7;/h6-8,13-16,25,27H,9-12H2,1-5H3;2*2-6H,1H2;/q3*-1;+4. The number of benzene rings is 4. The summed E-state index contributed by atoms with van der Waals surface area (Å²) in [5.74, 6) is 1.29. The first-order valence-corrected chi connectivity index (χ1v) is 15.1. The molecule has 5 heteroatoms. The molecule has 220 valence electrons. The number of para-hydroxylation sites is 1. The first-order chi connectivity index (χ1) is 19.6. The third-order valence-electron chi connectivity index (χ3n) is 6.44. The van der Waals surface area contributed by atoms with E-state index in [0.717, 1.165) is 52.8 Å². The maximum Gasteiger partial charge on any atom is 4.00 e. The van der Waals surface area contributed by atoms with Crippen LogP contribution in [0.15, 0.2) is 95.5 Å². The maximum absolute atomic E-state index is 10.1. The molecular formula is C37H46BrN2OZr+. The average Bonchev–Trinajstić information content (AvgIpc) is 2.94. The normalized spacial score (nSPS) is 10.2.